The lowest BCUT2D eigenvalue weighted by molar-refractivity contribution is 0.00752. The van der Waals surface area contributed by atoms with E-state index in [1.54, 1.807) is 0 Å². The van der Waals surface area contributed by atoms with Crippen molar-refractivity contribution in [3.8, 4) is 0 Å². The van der Waals surface area contributed by atoms with Gasteiger partial charge in [-0.1, -0.05) is 13.8 Å². The third-order valence-electron chi connectivity index (χ3n) is 5.93. The Bertz CT molecular complexity index is 448. The second kappa shape index (κ2) is 11.8. The molecule has 0 spiro atoms. The van der Waals surface area contributed by atoms with Gasteiger partial charge in [0.1, 0.15) is 0 Å². The Morgan fingerprint density at radius 2 is 1.85 bits per heavy atom. The second-order valence-electron chi connectivity index (χ2n) is 8.51. The number of rotatable bonds is 10. The third kappa shape index (κ3) is 8.03. The number of halogens is 1. The Kier molecular flexibility index (Phi) is 10.1. The van der Waals surface area contributed by atoms with E-state index in [1.807, 2.05) is 7.05 Å². The number of guanidine groups is 1. The lowest BCUT2D eigenvalue weighted by atomic mass is 10.0. The molecule has 1 aliphatic heterocycles. The van der Waals surface area contributed by atoms with Gasteiger partial charge in [0.15, 0.2) is 5.96 Å². The van der Waals surface area contributed by atoms with Crippen molar-refractivity contribution in [2.45, 2.75) is 51.6 Å². The summed E-state index contributed by atoms with van der Waals surface area (Å²) in [6.07, 6.45) is 5.68. The maximum Gasteiger partial charge on any atom is 0.191 e. The van der Waals surface area contributed by atoms with Crippen molar-refractivity contribution >= 4 is 29.9 Å². The Balaban J connectivity index is 0.00000261. The summed E-state index contributed by atoms with van der Waals surface area (Å²) in [6.45, 7) is 12.8. The molecule has 158 valence electrons. The fourth-order valence-corrected chi connectivity index (χ4v) is 3.93. The maximum atomic E-state index is 5.51. The van der Waals surface area contributed by atoms with Gasteiger partial charge in [-0.15, -0.1) is 24.0 Å². The molecule has 7 heteroatoms. The van der Waals surface area contributed by atoms with E-state index >= 15 is 0 Å². The van der Waals surface area contributed by atoms with Gasteiger partial charge >= 0.3 is 0 Å². The Labute approximate surface area is 182 Å². The highest BCUT2D eigenvalue weighted by Gasteiger charge is 2.33. The fourth-order valence-electron chi connectivity index (χ4n) is 3.93. The topological polar surface area (TPSA) is 52.1 Å². The van der Waals surface area contributed by atoms with Gasteiger partial charge in [-0.05, 0) is 37.5 Å². The van der Waals surface area contributed by atoms with E-state index in [0.717, 1.165) is 63.9 Å². The van der Waals surface area contributed by atoms with Crippen molar-refractivity contribution < 1.29 is 4.74 Å². The molecular weight excluding hydrogens is 453 g/mol. The molecule has 3 fully saturated rings. The van der Waals surface area contributed by atoms with Crippen molar-refractivity contribution in [3.63, 3.8) is 0 Å². The molecule has 1 saturated heterocycles. The zero-order valence-electron chi connectivity index (χ0n) is 17.5. The van der Waals surface area contributed by atoms with Crippen LogP contribution in [0.2, 0.25) is 0 Å². The predicted molar refractivity (Wildman–Crippen MR) is 123 cm³/mol. The van der Waals surface area contributed by atoms with Crippen LogP contribution in [0.3, 0.4) is 0 Å². The fraction of sp³-hybridized carbons (Fsp3) is 0.950. The van der Waals surface area contributed by atoms with Crippen LogP contribution in [-0.2, 0) is 4.74 Å². The van der Waals surface area contributed by atoms with E-state index in [4.69, 9.17) is 4.74 Å². The molecule has 1 atom stereocenters. The Morgan fingerprint density at radius 3 is 2.41 bits per heavy atom. The largest absolute Gasteiger partial charge is 0.379 e. The molecule has 0 amide bonds. The Morgan fingerprint density at radius 1 is 1.15 bits per heavy atom. The number of ether oxygens (including phenoxy) is 1. The van der Waals surface area contributed by atoms with Crippen molar-refractivity contribution in [1.82, 2.24) is 20.4 Å². The minimum Gasteiger partial charge on any atom is -0.379 e. The zero-order valence-corrected chi connectivity index (χ0v) is 19.8. The molecule has 1 unspecified atom stereocenters. The molecule has 2 aliphatic carbocycles. The first-order valence-corrected chi connectivity index (χ1v) is 10.7. The van der Waals surface area contributed by atoms with Crippen LogP contribution in [0.15, 0.2) is 4.99 Å². The molecule has 2 saturated carbocycles. The summed E-state index contributed by atoms with van der Waals surface area (Å²) in [6, 6.07) is 1.38. The minimum absolute atomic E-state index is 0. The first-order valence-electron chi connectivity index (χ1n) is 10.7. The molecular formula is C20H40IN5O. The molecule has 0 aromatic rings. The summed E-state index contributed by atoms with van der Waals surface area (Å²) in [5.41, 5.74) is 0. The molecule has 0 aromatic carbocycles. The molecule has 1 heterocycles. The number of nitrogens with one attached hydrogen (secondary N) is 2. The number of hydrogen-bond acceptors (Lipinski definition) is 4. The first-order chi connectivity index (χ1) is 12.7. The smallest absolute Gasteiger partial charge is 0.191 e. The predicted octanol–water partition coefficient (Wildman–Crippen LogP) is 2.00. The van der Waals surface area contributed by atoms with Crippen LogP contribution in [0.25, 0.3) is 0 Å². The highest BCUT2D eigenvalue weighted by molar-refractivity contribution is 14.0. The van der Waals surface area contributed by atoms with Crippen LogP contribution in [0, 0.1) is 11.8 Å². The highest BCUT2D eigenvalue weighted by Crippen LogP contribution is 2.34. The van der Waals surface area contributed by atoms with Crippen LogP contribution in [0.4, 0.5) is 0 Å². The van der Waals surface area contributed by atoms with E-state index in [0.29, 0.717) is 12.0 Å². The lowest BCUT2D eigenvalue weighted by Crippen LogP contribution is -2.53. The van der Waals surface area contributed by atoms with E-state index in [9.17, 15) is 0 Å². The van der Waals surface area contributed by atoms with Crippen LogP contribution < -0.4 is 10.6 Å². The normalized spacial score (nSPS) is 22.6. The molecule has 0 aromatic heterocycles. The van der Waals surface area contributed by atoms with Gasteiger partial charge < -0.3 is 15.4 Å². The van der Waals surface area contributed by atoms with Gasteiger partial charge in [-0.25, -0.2) is 0 Å². The van der Waals surface area contributed by atoms with Crippen molar-refractivity contribution in [3.05, 3.63) is 0 Å². The quantitative estimate of drug-likeness (QED) is 0.277. The highest BCUT2D eigenvalue weighted by atomic mass is 127. The average Bonchev–Trinajstić information content (AvgIpc) is 3.54. The first kappa shape index (κ1) is 23.2. The van der Waals surface area contributed by atoms with E-state index < -0.39 is 0 Å². The molecule has 6 nitrogen and oxygen atoms in total. The number of nitrogens with zero attached hydrogens (tertiary/aromatic N) is 3. The van der Waals surface area contributed by atoms with Crippen LogP contribution in [0.5, 0.6) is 0 Å². The van der Waals surface area contributed by atoms with Crippen molar-refractivity contribution in [2.75, 3.05) is 59.5 Å². The van der Waals surface area contributed by atoms with Gasteiger partial charge in [0.05, 0.1) is 13.2 Å². The molecule has 3 rings (SSSR count). The number of hydrogen-bond donors (Lipinski definition) is 2. The van der Waals surface area contributed by atoms with Crippen LogP contribution >= 0.6 is 24.0 Å². The zero-order chi connectivity index (χ0) is 18.4. The van der Waals surface area contributed by atoms with Gasteiger partial charge in [0.2, 0.25) is 0 Å². The average molecular weight is 493 g/mol. The molecule has 27 heavy (non-hydrogen) atoms. The standard InChI is InChI=1S/C20H39N5O.HI/c1-16(2)19(24-10-12-26-13-11-24)14-23-20(21-3)22-8-9-25(18-6-7-18)15-17-4-5-17;/h16-19H,4-15H2,1-3H3,(H2,21,22,23);1H. The van der Waals surface area contributed by atoms with Gasteiger partial charge in [-0.2, -0.15) is 0 Å². The van der Waals surface area contributed by atoms with E-state index in [2.05, 4.69) is 39.3 Å². The summed E-state index contributed by atoms with van der Waals surface area (Å²) >= 11 is 0. The SMILES string of the molecule is CN=C(NCCN(CC1CC1)C1CC1)NCC(C(C)C)N1CCOCC1.I. The van der Waals surface area contributed by atoms with E-state index in [-0.39, 0.29) is 24.0 Å². The summed E-state index contributed by atoms with van der Waals surface area (Å²) in [4.78, 5) is 9.68. The molecule has 2 N–H and O–H groups in total. The van der Waals surface area contributed by atoms with Crippen molar-refractivity contribution in [2.24, 2.45) is 16.8 Å². The maximum absolute atomic E-state index is 5.51. The molecule has 0 bridgehead atoms. The van der Waals surface area contributed by atoms with Gasteiger partial charge in [-0.3, -0.25) is 14.8 Å². The summed E-state index contributed by atoms with van der Waals surface area (Å²) in [5, 5.41) is 7.09. The lowest BCUT2D eigenvalue weighted by Gasteiger charge is -2.37. The third-order valence-corrected chi connectivity index (χ3v) is 5.93. The van der Waals surface area contributed by atoms with Crippen LogP contribution in [-0.4, -0.2) is 87.4 Å². The van der Waals surface area contributed by atoms with Gasteiger partial charge in [0, 0.05) is 58.4 Å². The minimum atomic E-state index is 0. The second-order valence-corrected chi connectivity index (χ2v) is 8.51. The monoisotopic (exact) mass is 493 g/mol. The van der Waals surface area contributed by atoms with E-state index in [1.165, 1.54) is 32.2 Å². The van der Waals surface area contributed by atoms with Crippen LogP contribution in [0.1, 0.15) is 39.5 Å². The van der Waals surface area contributed by atoms with Gasteiger partial charge in [0.25, 0.3) is 0 Å². The summed E-state index contributed by atoms with van der Waals surface area (Å²) in [5.74, 6) is 2.53. The van der Waals surface area contributed by atoms with Crippen molar-refractivity contribution in [1.29, 1.82) is 0 Å². The summed E-state index contributed by atoms with van der Waals surface area (Å²) < 4.78 is 5.51. The molecule has 0 radical (unpaired) electrons. The summed E-state index contributed by atoms with van der Waals surface area (Å²) in [7, 11) is 1.87. The Hall–Kier alpha value is -0.120. The number of aliphatic imine (C=N–C) groups is 1. The molecule has 3 aliphatic rings. The number of morpholine rings is 1.